The first-order chi connectivity index (χ1) is 12.7. The van der Waals surface area contributed by atoms with E-state index in [4.69, 9.17) is 21.3 Å². The molecule has 0 aliphatic carbocycles. The highest BCUT2D eigenvalue weighted by atomic mass is 35.5. The van der Waals surface area contributed by atoms with E-state index in [9.17, 15) is 4.79 Å². The third kappa shape index (κ3) is 3.08. The van der Waals surface area contributed by atoms with Gasteiger partial charge in [-0.25, -0.2) is 4.98 Å². The summed E-state index contributed by atoms with van der Waals surface area (Å²) in [6.45, 7) is 1.95. The van der Waals surface area contributed by atoms with Crippen LogP contribution in [0.1, 0.15) is 18.2 Å². The zero-order valence-corrected chi connectivity index (χ0v) is 15.3. The van der Waals surface area contributed by atoms with E-state index in [1.807, 2.05) is 47.4 Å². The molecule has 5 nitrogen and oxygen atoms in total. The van der Waals surface area contributed by atoms with Crippen LogP contribution in [0.25, 0.3) is 11.0 Å². The third-order valence-electron chi connectivity index (χ3n) is 4.83. The highest BCUT2D eigenvalue weighted by molar-refractivity contribution is 6.30. The Kier molecular flexibility index (Phi) is 4.66. The molecule has 0 spiro atoms. The number of carbonyl (C=O) groups excluding carboxylic acids is 1. The van der Waals surface area contributed by atoms with Gasteiger partial charge < -0.3 is 14.2 Å². The molecular weight excluding hydrogens is 350 g/mol. The molecule has 1 fully saturated rings. The molecule has 3 aromatic rings. The van der Waals surface area contributed by atoms with Crippen LogP contribution in [0.5, 0.6) is 0 Å². The first-order valence-corrected chi connectivity index (χ1v) is 9.05. The number of aromatic nitrogens is 2. The lowest BCUT2D eigenvalue weighted by atomic mass is 10.1. The molecule has 134 valence electrons. The topological polar surface area (TPSA) is 47.4 Å². The predicted octanol–water partition coefficient (Wildman–Crippen LogP) is 3.86. The Morgan fingerprint density at radius 1 is 1.19 bits per heavy atom. The summed E-state index contributed by atoms with van der Waals surface area (Å²) in [7, 11) is 1.69. The second-order valence-electron chi connectivity index (χ2n) is 6.48. The Balaban J connectivity index is 1.67. The van der Waals surface area contributed by atoms with Gasteiger partial charge in [0, 0.05) is 43.2 Å². The molecule has 26 heavy (non-hydrogen) atoms. The van der Waals surface area contributed by atoms with Gasteiger partial charge in [0.05, 0.1) is 17.6 Å². The molecule has 0 bridgehead atoms. The van der Waals surface area contributed by atoms with Gasteiger partial charge in [-0.1, -0.05) is 23.7 Å². The van der Waals surface area contributed by atoms with Gasteiger partial charge >= 0.3 is 0 Å². The van der Waals surface area contributed by atoms with Crippen molar-refractivity contribution in [3.63, 3.8) is 0 Å². The molecule has 2 aromatic carbocycles. The monoisotopic (exact) mass is 369 g/mol. The van der Waals surface area contributed by atoms with Crippen molar-refractivity contribution in [3.8, 4) is 0 Å². The summed E-state index contributed by atoms with van der Waals surface area (Å²) < 4.78 is 7.45. The number of nitrogens with zero attached hydrogens (tertiary/aromatic N) is 3. The normalized spacial score (nSPS) is 17.4. The van der Waals surface area contributed by atoms with E-state index in [1.165, 1.54) is 0 Å². The Bertz CT molecular complexity index is 936. The number of carbonyl (C=O) groups is 1. The smallest absolute Gasteiger partial charge is 0.227 e. The van der Waals surface area contributed by atoms with E-state index in [1.54, 1.807) is 7.11 Å². The highest BCUT2D eigenvalue weighted by Crippen LogP contribution is 2.33. The van der Waals surface area contributed by atoms with Crippen molar-refractivity contribution in [3.05, 3.63) is 59.4 Å². The van der Waals surface area contributed by atoms with Crippen molar-refractivity contribution in [2.75, 3.05) is 25.2 Å². The molecule has 1 saturated heterocycles. The Labute approximate surface area is 157 Å². The van der Waals surface area contributed by atoms with Gasteiger partial charge in [-0.05, 0) is 36.4 Å². The van der Waals surface area contributed by atoms with Crippen LogP contribution >= 0.6 is 11.6 Å². The first kappa shape index (κ1) is 17.1. The standard InChI is InChI=1S/C20H20ClN3O2/c1-26-11-10-23-18-5-3-2-4-17(18)22-20(23)14-12-19(25)24(13-14)16-8-6-15(21)7-9-16/h2-9,14H,10-13H2,1H3/t14-/m0/s1. The number of hydrogen-bond donors (Lipinski definition) is 0. The van der Waals surface area contributed by atoms with E-state index >= 15 is 0 Å². The first-order valence-electron chi connectivity index (χ1n) is 8.67. The molecule has 1 aliphatic rings. The summed E-state index contributed by atoms with van der Waals surface area (Å²) in [5.74, 6) is 1.12. The summed E-state index contributed by atoms with van der Waals surface area (Å²) >= 11 is 5.97. The molecule has 1 amide bonds. The van der Waals surface area contributed by atoms with E-state index in [0.717, 1.165) is 29.1 Å². The summed E-state index contributed by atoms with van der Waals surface area (Å²) in [6, 6.07) is 15.5. The predicted molar refractivity (Wildman–Crippen MR) is 103 cm³/mol. The largest absolute Gasteiger partial charge is 0.383 e. The zero-order chi connectivity index (χ0) is 18.1. The van der Waals surface area contributed by atoms with Gasteiger partial charge in [-0.15, -0.1) is 0 Å². The number of amides is 1. The quantitative estimate of drug-likeness (QED) is 0.686. The van der Waals surface area contributed by atoms with E-state index in [0.29, 0.717) is 24.6 Å². The summed E-state index contributed by atoms with van der Waals surface area (Å²) in [5, 5.41) is 0.665. The third-order valence-corrected chi connectivity index (χ3v) is 5.08. The fourth-order valence-electron chi connectivity index (χ4n) is 3.57. The molecule has 2 heterocycles. The van der Waals surface area contributed by atoms with Crippen LogP contribution in [0.15, 0.2) is 48.5 Å². The lowest BCUT2D eigenvalue weighted by Gasteiger charge is -2.17. The number of imidazole rings is 1. The molecule has 6 heteroatoms. The summed E-state index contributed by atoms with van der Waals surface area (Å²) in [6.07, 6.45) is 0.457. The Hall–Kier alpha value is -2.37. The average Bonchev–Trinajstić information content (AvgIpc) is 3.21. The van der Waals surface area contributed by atoms with Gasteiger partial charge in [0.25, 0.3) is 0 Å². The van der Waals surface area contributed by atoms with Crippen LogP contribution in [0.3, 0.4) is 0 Å². The highest BCUT2D eigenvalue weighted by Gasteiger charge is 2.34. The minimum atomic E-state index is 0.0578. The second-order valence-corrected chi connectivity index (χ2v) is 6.92. The van der Waals surface area contributed by atoms with Crippen molar-refractivity contribution >= 4 is 34.2 Å². The SMILES string of the molecule is COCCn1c([C@H]2CC(=O)N(c3ccc(Cl)cc3)C2)nc2ccccc21. The van der Waals surface area contributed by atoms with Crippen LogP contribution in [-0.4, -0.2) is 35.7 Å². The number of para-hydroxylation sites is 2. The van der Waals surface area contributed by atoms with Crippen LogP contribution in [0.4, 0.5) is 5.69 Å². The second kappa shape index (κ2) is 7.09. The molecule has 0 unspecified atom stereocenters. The van der Waals surface area contributed by atoms with Gasteiger partial charge in [-0.3, -0.25) is 4.79 Å². The number of benzene rings is 2. The fraction of sp³-hybridized carbons (Fsp3) is 0.300. The average molecular weight is 370 g/mol. The maximum absolute atomic E-state index is 12.6. The Morgan fingerprint density at radius 2 is 1.96 bits per heavy atom. The molecular formula is C20H20ClN3O2. The van der Waals surface area contributed by atoms with Crippen molar-refractivity contribution in [1.29, 1.82) is 0 Å². The molecule has 4 rings (SSSR count). The Morgan fingerprint density at radius 3 is 2.73 bits per heavy atom. The van der Waals surface area contributed by atoms with Crippen molar-refractivity contribution in [1.82, 2.24) is 9.55 Å². The van der Waals surface area contributed by atoms with Crippen molar-refractivity contribution in [2.24, 2.45) is 0 Å². The minimum absolute atomic E-state index is 0.0578. The summed E-state index contributed by atoms with van der Waals surface area (Å²) in [5.41, 5.74) is 2.91. The lowest BCUT2D eigenvalue weighted by Crippen LogP contribution is -2.24. The number of hydrogen-bond acceptors (Lipinski definition) is 3. The number of ether oxygens (including phenoxy) is 1. The zero-order valence-electron chi connectivity index (χ0n) is 14.6. The van der Waals surface area contributed by atoms with Gasteiger partial charge in [0.2, 0.25) is 5.91 Å². The van der Waals surface area contributed by atoms with Crippen LogP contribution in [-0.2, 0) is 16.1 Å². The number of anilines is 1. The molecule has 0 radical (unpaired) electrons. The number of halogens is 1. The minimum Gasteiger partial charge on any atom is -0.383 e. The van der Waals surface area contributed by atoms with Gasteiger partial charge in [0.15, 0.2) is 0 Å². The molecule has 1 aromatic heterocycles. The van der Waals surface area contributed by atoms with Crippen molar-refractivity contribution in [2.45, 2.75) is 18.9 Å². The van der Waals surface area contributed by atoms with Crippen LogP contribution in [0, 0.1) is 0 Å². The fourth-order valence-corrected chi connectivity index (χ4v) is 3.70. The maximum atomic E-state index is 12.6. The molecule has 1 aliphatic heterocycles. The maximum Gasteiger partial charge on any atom is 0.227 e. The van der Waals surface area contributed by atoms with Gasteiger partial charge in [0.1, 0.15) is 5.82 Å². The van der Waals surface area contributed by atoms with E-state index < -0.39 is 0 Å². The number of rotatable bonds is 5. The molecule has 1 atom stereocenters. The number of fused-ring (bicyclic) bond motifs is 1. The summed E-state index contributed by atoms with van der Waals surface area (Å²) in [4.78, 5) is 19.3. The van der Waals surface area contributed by atoms with Crippen LogP contribution in [0.2, 0.25) is 5.02 Å². The van der Waals surface area contributed by atoms with E-state index in [-0.39, 0.29) is 11.8 Å². The molecule has 0 saturated carbocycles. The molecule has 0 N–H and O–H groups in total. The van der Waals surface area contributed by atoms with Crippen LogP contribution < -0.4 is 4.90 Å². The van der Waals surface area contributed by atoms with Crippen molar-refractivity contribution < 1.29 is 9.53 Å². The number of methoxy groups -OCH3 is 1. The lowest BCUT2D eigenvalue weighted by molar-refractivity contribution is -0.117. The van der Waals surface area contributed by atoms with E-state index in [2.05, 4.69) is 10.6 Å². The van der Waals surface area contributed by atoms with Gasteiger partial charge in [-0.2, -0.15) is 0 Å².